The Labute approximate surface area is 99.9 Å². The van der Waals surface area contributed by atoms with Crippen molar-refractivity contribution in [2.24, 2.45) is 5.73 Å². The fourth-order valence-corrected chi connectivity index (χ4v) is 2.00. The molecule has 2 N–H and O–H groups in total. The maximum absolute atomic E-state index is 5.56. The summed E-state index contributed by atoms with van der Waals surface area (Å²) in [5.74, 6) is 1.38. The lowest BCUT2D eigenvalue weighted by atomic mass is 9.96. The highest BCUT2D eigenvalue weighted by Gasteiger charge is 2.10. The van der Waals surface area contributed by atoms with Gasteiger partial charge in [0.1, 0.15) is 5.75 Å². The van der Waals surface area contributed by atoms with Crippen LogP contribution in [-0.2, 0) is 0 Å². The summed E-state index contributed by atoms with van der Waals surface area (Å²) in [5, 5.41) is 0. The molecule has 0 bridgehead atoms. The molecule has 1 atom stereocenters. The molecule has 0 heterocycles. The van der Waals surface area contributed by atoms with Gasteiger partial charge in [-0.15, -0.1) is 0 Å². The lowest BCUT2D eigenvalue weighted by Gasteiger charge is -2.14. The first-order valence-corrected chi connectivity index (χ1v) is 5.93. The molecule has 0 fully saturated rings. The molecular weight excluding hydrogens is 254 g/mol. The number of hydrogen-bond acceptors (Lipinski definition) is 2. The molecule has 1 aromatic carbocycles. The zero-order valence-corrected chi connectivity index (χ0v) is 11.1. The Morgan fingerprint density at radius 2 is 2.13 bits per heavy atom. The van der Waals surface area contributed by atoms with Crippen molar-refractivity contribution in [3.05, 3.63) is 27.7 Å². The molecule has 0 aliphatic carbocycles. The quantitative estimate of drug-likeness (QED) is 0.913. The standard InChI is InChI=1S/C12H18BrNO/c1-8(4-5-14)10-6-9(2)12(13)11(7-10)15-3/h6-8H,4-5,14H2,1-3H3. The predicted molar refractivity (Wildman–Crippen MR) is 67.5 cm³/mol. The van der Waals surface area contributed by atoms with E-state index >= 15 is 0 Å². The summed E-state index contributed by atoms with van der Waals surface area (Å²) in [4.78, 5) is 0. The van der Waals surface area contributed by atoms with Crippen LogP contribution in [-0.4, -0.2) is 13.7 Å². The Hall–Kier alpha value is -0.540. The summed E-state index contributed by atoms with van der Waals surface area (Å²) >= 11 is 3.51. The normalized spacial score (nSPS) is 12.6. The minimum absolute atomic E-state index is 0.482. The number of benzene rings is 1. The maximum Gasteiger partial charge on any atom is 0.133 e. The molecule has 0 aromatic heterocycles. The molecule has 0 aliphatic heterocycles. The third-order valence-electron chi connectivity index (χ3n) is 2.63. The summed E-state index contributed by atoms with van der Waals surface area (Å²) in [5.41, 5.74) is 8.06. The smallest absolute Gasteiger partial charge is 0.133 e. The highest BCUT2D eigenvalue weighted by molar-refractivity contribution is 9.10. The molecule has 2 nitrogen and oxygen atoms in total. The molecule has 0 amide bonds. The second kappa shape index (κ2) is 5.52. The van der Waals surface area contributed by atoms with Crippen molar-refractivity contribution in [1.29, 1.82) is 0 Å². The van der Waals surface area contributed by atoms with E-state index in [-0.39, 0.29) is 0 Å². The van der Waals surface area contributed by atoms with Crippen LogP contribution in [0.3, 0.4) is 0 Å². The first-order valence-electron chi connectivity index (χ1n) is 5.14. The largest absolute Gasteiger partial charge is 0.496 e. The van der Waals surface area contributed by atoms with E-state index in [1.54, 1.807) is 7.11 Å². The van der Waals surface area contributed by atoms with Crippen LogP contribution in [0.15, 0.2) is 16.6 Å². The number of nitrogens with two attached hydrogens (primary N) is 1. The van der Waals surface area contributed by atoms with Gasteiger partial charge in [0.15, 0.2) is 0 Å². The number of halogens is 1. The second-order valence-corrected chi connectivity index (χ2v) is 4.63. The Balaban J connectivity index is 3.05. The van der Waals surface area contributed by atoms with Crippen molar-refractivity contribution in [3.8, 4) is 5.75 Å². The van der Waals surface area contributed by atoms with E-state index in [1.807, 2.05) is 0 Å². The lowest BCUT2D eigenvalue weighted by Crippen LogP contribution is -2.05. The number of rotatable bonds is 4. The zero-order valence-electron chi connectivity index (χ0n) is 9.51. The molecule has 0 saturated carbocycles. The summed E-state index contributed by atoms with van der Waals surface area (Å²) in [7, 11) is 1.69. The molecule has 1 unspecified atom stereocenters. The molecule has 1 rings (SSSR count). The van der Waals surface area contributed by atoms with E-state index < -0.39 is 0 Å². The second-order valence-electron chi connectivity index (χ2n) is 3.83. The first kappa shape index (κ1) is 12.5. The van der Waals surface area contributed by atoms with Gasteiger partial charge in [0.2, 0.25) is 0 Å². The van der Waals surface area contributed by atoms with Crippen LogP contribution in [0, 0.1) is 6.92 Å². The van der Waals surface area contributed by atoms with Crippen LogP contribution in [0.1, 0.15) is 30.4 Å². The van der Waals surface area contributed by atoms with Crippen molar-refractivity contribution >= 4 is 15.9 Å². The molecule has 15 heavy (non-hydrogen) atoms. The first-order chi connectivity index (χ1) is 7.10. The maximum atomic E-state index is 5.56. The van der Waals surface area contributed by atoms with Crippen molar-refractivity contribution < 1.29 is 4.74 Å². The number of hydrogen-bond donors (Lipinski definition) is 1. The number of ether oxygens (including phenoxy) is 1. The van der Waals surface area contributed by atoms with Crippen molar-refractivity contribution in [3.63, 3.8) is 0 Å². The topological polar surface area (TPSA) is 35.2 Å². The fourth-order valence-electron chi connectivity index (χ4n) is 1.61. The van der Waals surface area contributed by atoms with Crippen molar-refractivity contribution in [2.45, 2.75) is 26.2 Å². The van der Waals surface area contributed by atoms with Gasteiger partial charge >= 0.3 is 0 Å². The Bertz CT molecular complexity index is 339. The van der Waals surface area contributed by atoms with Crippen LogP contribution < -0.4 is 10.5 Å². The molecule has 1 aromatic rings. The van der Waals surface area contributed by atoms with Gasteiger partial charge < -0.3 is 10.5 Å². The van der Waals surface area contributed by atoms with Crippen molar-refractivity contribution in [1.82, 2.24) is 0 Å². The Kier molecular flexibility index (Phi) is 4.61. The van der Waals surface area contributed by atoms with E-state index in [2.05, 4.69) is 41.9 Å². The predicted octanol–water partition coefficient (Wildman–Crippen LogP) is 3.22. The summed E-state index contributed by atoms with van der Waals surface area (Å²) < 4.78 is 6.35. The third kappa shape index (κ3) is 2.95. The fraction of sp³-hybridized carbons (Fsp3) is 0.500. The van der Waals surface area contributed by atoms with E-state index in [4.69, 9.17) is 10.5 Å². The van der Waals surface area contributed by atoms with Crippen LogP contribution >= 0.6 is 15.9 Å². The molecule has 3 heteroatoms. The van der Waals surface area contributed by atoms with Gasteiger partial charge in [-0.25, -0.2) is 0 Å². The van der Waals surface area contributed by atoms with Gasteiger partial charge in [0.05, 0.1) is 11.6 Å². The van der Waals surface area contributed by atoms with Gasteiger partial charge in [-0.2, -0.15) is 0 Å². The van der Waals surface area contributed by atoms with Gasteiger partial charge in [0, 0.05) is 0 Å². The van der Waals surface area contributed by atoms with Gasteiger partial charge in [-0.3, -0.25) is 0 Å². The molecule has 0 aliphatic rings. The Morgan fingerprint density at radius 3 is 2.67 bits per heavy atom. The van der Waals surface area contributed by atoms with Crippen molar-refractivity contribution in [2.75, 3.05) is 13.7 Å². The SMILES string of the molecule is COc1cc(C(C)CCN)cc(C)c1Br. The highest BCUT2D eigenvalue weighted by atomic mass is 79.9. The summed E-state index contributed by atoms with van der Waals surface area (Å²) in [6.07, 6.45) is 1.00. The van der Waals surface area contributed by atoms with E-state index in [0.29, 0.717) is 5.92 Å². The molecule has 0 radical (unpaired) electrons. The van der Waals surface area contributed by atoms with Crippen LogP contribution in [0.2, 0.25) is 0 Å². The van der Waals surface area contributed by atoms with Gasteiger partial charge in [-0.1, -0.05) is 13.0 Å². The van der Waals surface area contributed by atoms with E-state index in [9.17, 15) is 0 Å². The number of methoxy groups -OCH3 is 1. The zero-order chi connectivity index (χ0) is 11.4. The van der Waals surface area contributed by atoms with E-state index in [1.165, 1.54) is 11.1 Å². The average Bonchev–Trinajstić information content (AvgIpc) is 2.22. The monoisotopic (exact) mass is 271 g/mol. The van der Waals surface area contributed by atoms with Crippen LogP contribution in [0.25, 0.3) is 0 Å². The van der Waals surface area contributed by atoms with E-state index in [0.717, 1.165) is 23.2 Å². The Morgan fingerprint density at radius 1 is 1.47 bits per heavy atom. The molecule has 0 spiro atoms. The third-order valence-corrected chi connectivity index (χ3v) is 3.65. The molecule has 84 valence electrons. The average molecular weight is 272 g/mol. The number of aryl methyl sites for hydroxylation is 1. The summed E-state index contributed by atoms with van der Waals surface area (Å²) in [6, 6.07) is 4.27. The van der Waals surface area contributed by atoms with Gasteiger partial charge in [-0.05, 0) is 58.9 Å². The van der Waals surface area contributed by atoms with Gasteiger partial charge in [0.25, 0.3) is 0 Å². The van der Waals surface area contributed by atoms with Crippen LogP contribution in [0.5, 0.6) is 5.75 Å². The van der Waals surface area contributed by atoms with Crippen LogP contribution in [0.4, 0.5) is 0 Å². The highest BCUT2D eigenvalue weighted by Crippen LogP contribution is 2.33. The lowest BCUT2D eigenvalue weighted by molar-refractivity contribution is 0.410. The minimum atomic E-state index is 0.482. The molecule has 0 saturated heterocycles. The molecular formula is C12H18BrNO. The summed E-state index contributed by atoms with van der Waals surface area (Å²) in [6.45, 7) is 4.98. The minimum Gasteiger partial charge on any atom is -0.496 e.